The number of rotatable bonds is 2. The maximum atomic E-state index is 11.6. The lowest BCUT2D eigenvalue weighted by molar-refractivity contribution is 0.0635. The number of phenolic OH excluding ortho intramolecular Hbond substituents is 1. The van der Waals surface area contributed by atoms with Crippen LogP contribution in [0.1, 0.15) is 20.8 Å². The van der Waals surface area contributed by atoms with Crippen molar-refractivity contribution in [2.45, 2.75) is 26.4 Å². The summed E-state index contributed by atoms with van der Waals surface area (Å²) in [4.78, 5) is 11.6. The van der Waals surface area contributed by atoms with E-state index in [1.54, 1.807) is 32.9 Å². The minimum Gasteiger partial charge on any atom is -0.503 e. The molecule has 6 heteroatoms. The van der Waals surface area contributed by atoms with E-state index in [9.17, 15) is 9.90 Å². The summed E-state index contributed by atoms with van der Waals surface area (Å²) < 4.78 is 10.7. The second-order valence-corrected chi connectivity index (χ2v) is 5.55. The number of hydrogen-bond donors (Lipinski definition) is 2. The molecule has 1 amide bonds. The summed E-state index contributed by atoms with van der Waals surface area (Å²) in [5.74, 6) is 0.113. The Hall–Kier alpha value is -1.43. The summed E-state index contributed by atoms with van der Waals surface area (Å²) in [5.41, 5.74) is -0.383. The Balaban J connectivity index is 2.91. The summed E-state index contributed by atoms with van der Waals surface area (Å²) in [6.45, 7) is 5.27. The summed E-state index contributed by atoms with van der Waals surface area (Å²) >= 11 is 3.26. The summed E-state index contributed by atoms with van der Waals surface area (Å²) in [7, 11) is 1.43. The molecule has 0 unspecified atom stereocenters. The number of ether oxygens (including phenoxy) is 2. The van der Waals surface area contributed by atoms with Crippen LogP contribution in [0.3, 0.4) is 0 Å². The van der Waals surface area contributed by atoms with Crippen molar-refractivity contribution in [2.24, 2.45) is 0 Å². The fourth-order valence-electron chi connectivity index (χ4n) is 1.24. The first-order valence-electron chi connectivity index (χ1n) is 5.29. The third-order valence-electron chi connectivity index (χ3n) is 1.90. The fourth-order valence-corrected chi connectivity index (χ4v) is 1.68. The van der Waals surface area contributed by atoms with E-state index in [2.05, 4.69) is 21.2 Å². The molecule has 0 aromatic heterocycles. The van der Waals surface area contributed by atoms with Gasteiger partial charge < -0.3 is 14.6 Å². The molecule has 0 bridgehead atoms. The van der Waals surface area contributed by atoms with Crippen LogP contribution in [-0.4, -0.2) is 23.9 Å². The molecule has 100 valence electrons. The summed E-state index contributed by atoms with van der Waals surface area (Å²) in [5, 5.41) is 12.3. The number of halogens is 1. The molecule has 1 rings (SSSR count). The van der Waals surface area contributed by atoms with Crippen LogP contribution in [0.25, 0.3) is 0 Å². The average molecular weight is 318 g/mol. The minimum atomic E-state index is -0.641. The van der Waals surface area contributed by atoms with Crippen molar-refractivity contribution in [2.75, 3.05) is 12.4 Å². The van der Waals surface area contributed by atoms with E-state index in [0.29, 0.717) is 4.47 Å². The molecular weight excluding hydrogens is 302 g/mol. The maximum absolute atomic E-state index is 11.6. The molecule has 18 heavy (non-hydrogen) atoms. The molecule has 2 N–H and O–H groups in total. The topological polar surface area (TPSA) is 67.8 Å². The van der Waals surface area contributed by atoms with Gasteiger partial charge >= 0.3 is 6.09 Å². The summed E-state index contributed by atoms with van der Waals surface area (Å²) in [6, 6.07) is 3.15. The van der Waals surface area contributed by atoms with Crippen molar-refractivity contribution >= 4 is 27.7 Å². The highest BCUT2D eigenvalue weighted by molar-refractivity contribution is 9.10. The SMILES string of the molecule is COc1cc(Br)cc(NC(=O)OC(C)(C)C)c1O. The van der Waals surface area contributed by atoms with Gasteiger partial charge in [0.1, 0.15) is 5.60 Å². The minimum absolute atomic E-state index is 0.147. The molecule has 0 aliphatic carbocycles. The number of phenols is 1. The molecule has 0 spiro atoms. The quantitative estimate of drug-likeness (QED) is 0.819. The Morgan fingerprint density at radius 2 is 2.00 bits per heavy atom. The summed E-state index contributed by atoms with van der Waals surface area (Å²) in [6.07, 6.45) is -0.641. The largest absolute Gasteiger partial charge is 0.503 e. The van der Waals surface area contributed by atoms with E-state index in [0.717, 1.165) is 0 Å². The lowest BCUT2D eigenvalue weighted by Crippen LogP contribution is -2.27. The number of aromatic hydroxyl groups is 1. The van der Waals surface area contributed by atoms with Gasteiger partial charge in [-0.1, -0.05) is 15.9 Å². The Bertz CT molecular complexity index is 454. The molecule has 0 fully saturated rings. The molecule has 1 aromatic carbocycles. The lowest BCUT2D eigenvalue weighted by Gasteiger charge is -2.20. The molecule has 5 nitrogen and oxygen atoms in total. The smallest absolute Gasteiger partial charge is 0.412 e. The van der Waals surface area contributed by atoms with E-state index in [4.69, 9.17) is 9.47 Å². The highest BCUT2D eigenvalue weighted by Crippen LogP contribution is 2.37. The van der Waals surface area contributed by atoms with Crippen LogP contribution in [0.15, 0.2) is 16.6 Å². The van der Waals surface area contributed by atoms with Gasteiger partial charge in [-0.2, -0.15) is 0 Å². The van der Waals surface area contributed by atoms with Gasteiger partial charge in [-0.25, -0.2) is 4.79 Å². The van der Waals surface area contributed by atoms with Crippen molar-refractivity contribution in [3.8, 4) is 11.5 Å². The van der Waals surface area contributed by atoms with Gasteiger partial charge in [-0.3, -0.25) is 5.32 Å². The van der Waals surface area contributed by atoms with Crippen LogP contribution in [0, 0.1) is 0 Å². The van der Waals surface area contributed by atoms with E-state index >= 15 is 0 Å². The number of carbonyl (C=O) groups excluding carboxylic acids is 1. The van der Waals surface area contributed by atoms with E-state index < -0.39 is 11.7 Å². The number of hydrogen-bond acceptors (Lipinski definition) is 4. The lowest BCUT2D eigenvalue weighted by atomic mass is 10.2. The average Bonchev–Trinajstić information content (AvgIpc) is 2.20. The Morgan fingerprint density at radius 3 is 2.50 bits per heavy atom. The van der Waals surface area contributed by atoms with Gasteiger partial charge in [0.05, 0.1) is 12.8 Å². The van der Waals surface area contributed by atoms with Gasteiger partial charge in [0, 0.05) is 4.47 Å². The Kier molecular flexibility index (Phi) is 4.45. The van der Waals surface area contributed by atoms with Crippen LogP contribution in [-0.2, 0) is 4.74 Å². The molecule has 0 saturated heterocycles. The highest BCUT2D eigenvalue weighted by Gasteiger charge is 2.18. The number of benzene rings is 1. The number of carbonyl (C=O) groups is 1. The molecule has 0 aliphatic rings. The van der Waals surface area contributed by atoms with Gasteiger partial charge in [0.15, 0.2) is 11.5 Å². The first-order chi connectivity index (χ1) is 8.23. The van der Waals surface area contributed by atoms with E-state index in [1.807, 2.05) is 0 Å². The second-order valence-electron chi connectivity index (χ2n) is 4.63. The van der Waals surface area contributed by atoms with Crippen molar-refractivity contribution in [3.63, 3.8) is 0 Å². The third-order valence-corrected chi connectivity index (χ3v) is 2.35. The standard InChI is InChI=1S/C12H16BrNO4/c1-12(2,3)18-11(16)14-8-5-7(13)6-9(17-4)10(8)15/h5-6,15H,1-4H3,(H,14,16). The van der Waals surface area contributed by atoms with Gasteiger partial charge in [0.25, 0.3) is 0 Å². The molecule has 0 atom stereocenters. The molecule has 1 aromatic rings. The highest BCUT2D eigenvalue weighted by atomic mass is 79.9. The van der Waals surface area contributed by atoms with Crippen LogP contribution in [0.4, 0.5) is 10.5 Å². The van der Waals surface area contributed by atoms with Crippen LogP contribution < -0.4 is 10.1 Å². The predicted octanol–water partition coefficient (Wildman–Crippen LogP) is 3.51. The van der Waals surface area contributed by atoms with Crippen molar-refractivity contribution < 1.29 is 19.4 Å². The number of anilines is 1. The zero-order valence-electron chi connectivity index (χ0n) is 10.7. The Morgan fingerprint density at radius 1 is 1.39 bits per heavy atom. The molecule has 0 radical (unpaired) electrons. The van der Waals surface area contributed by atoms with Crippen LogP contribution in [0.5, 0.6) is 11.5 Å². The van der Waals surface area contributed by atoms with Gasteiger partial charge in [0.2, 0.25) is 0 Å². The molecule has 0 heterocycles. The third kappa shape index (κ3) is 4.10. The van der Waals surface area contributed by atoms with E-state index in [-0.39, 0.29) is 17.2 Å². The van der Waals surface area contributed by atoms with Gasteiger partial charge in [-0.05, 0) is 32.9 Å². The number of methoxy groups -OCH3 is 1. The fraction of sp³-hybridized carbons (Fsp3) is 0.417. The Labute approximate surface area is 114 Å². The maximum Gasteiger partial charge on any atom is 0.412 e. The predicted molar refractivity (Wildman–Crippen MR) is 72.2 cm³/mol. The zero-order chi connectivity index (χ0) is 13.9. The monoisotopic (exact) mass is 317 g/mol. The van der Waals surface area contributed by atoms with Crippen molar-refractivity contribution in [1.82, 2.24) is 0 Å². The normalized spacial score (nSPS) is 10.9. The van der Waals surface area contributed by atoms with Crippen molar-refractivity contribution in [3.05, 3.63) is 16.6 Å². The molecular formula is C12H16BrNO4. The van der Waals surface area contributed by atoms with Crippen LogP contribution in [0.2, 0.25) is 0 Å². The zero-order valence-corrected chi connectivity index (χ0v) is 12.3. The first kappa shape index (κ1) is 14.6. The van der Waals surface area contributed by atoms with Crippen LogP contribution >= 0.6 is 15.9 Å². The first-order valence-corrected chi connectivity index (χ1v) is 6.09. The van der Waals surface area contributed by atoms with Gasteiger partial charge in [-0.15, -0.1) is 0 Å². The number of nitrogens with one attached hydrogen (secondary N) is 1. The molecule has 0 aliphatic heterocycles. The van der Waals surface area contributed by atoms with Crippen molar-refractivity contribution in [1.29, 1.82) is 0 Å². The molecule has 0 saturated carbocycles. The van der Waals surface area contributed by atoms with E-state index in [1.165, 1.54) is 7.11 Å². The number of amides is 1. The second kappa shape index (κ2) is 5.48.